The summed E-state index contributed by atoms with van der Waals surface area (Å²) in [6, 6.07) is 20.5. The normalized spacial score (nSPS) is 14.9. The predicted molar refractivity (Wildman–Crippen MR) is 120 cm³/mol. The number of nitrogens with zero attached hydrogens (tertiary/aromatic N) is 1. The Balaban J connectivity index is 1.50. The molecule has 0 bridgehead atoms. The largest absolute Gasteiger partial charge is 0.488 e. The van der Waals surface area contributed by atoms with Crippen LogP contribution in [0.25, 0.3) is 6.08 Å². The van der Waals surface area contributed by atoms with Crippen molar-refractivity contribution in [3.8, 4) is 5.75 Å². The van der Waals surface area contributed by atoms with E-state index in [4.69, 9.17) is 4.74 Å². The number of hydrogen-bond donors (Lipinski definition) is 1. The van der Waals surface area contributed by atoms with E-state index in [0.29, 0.717) is 17.0 Å². The summed E-state index contributed by atoms with van der Waals surface area (Å²) >= 11 is 2.12. The summed E-state index contributed by atoms with van der Waals surface area (Å²) in [5.74, 6) is -0.537. The second-order valence-electron chi connectivity index (χ2n) is 6.58. The highest BCUT2D eigenvalue weighted by molar-refractivity contribution is 14.1. The Bertz CT molecular complexity index is 1150. The minimum atomic E-state index is -0.453. The maximum absolute atomic E-state index is 13.3. The fraction of sp³-hybridized carbons (Fsp3) is 0.0435. The summed E-state index contributed by atoms with van der Waals surface area (Å²) in [6.45, 7) is 0.237. The third-order valence-corrected chi connectivity index (χ3v) is 5.30. The number of carbonyl (C=O) groups is 2. The van der Waals surface area contributed by atoms with Gasteiger partial charge in [-0.15, -0.1) is 0 Å². The second-order valence-corrected chi connectivity index (χ2v) is 7.75. The first-order valence-corrected chi connectivity index (χ1v) is 10.2. The van der Waals surface area contributed by atoms with Gasteiger partial charge in [0, 0.05) is 0 Å². The van der Waals surface area contributed by atoms with Gasteiger partial charge in [-0.1, -0.05) is 36.4 Å². The number of hydrazine groups is 1. The maximum Gasteiger partial charge on any atom is 0.282 e. The van der Waals surface area contributed by atoms with Gasteiger partial charge in [-0.05, 0) is 76.2 Å². The summed E-state index contributed by atoms with van der Waals surface area (Å²) in [4.78, 5) is 25.0. The fourth-order valence-electron chi connectivity index (χ4n) is 2.99. The molecule has 4 rings (SSSR count). The number of rotatable bonds is 5. The van der Waals surface area contributed by atoms with Gasteiger partial charge in [0.25, 0.3) is 11.8 Å². The molecular weight excluding hydrogens is 498 g/mol. The molecule has 150 valence electrons. The molecule has 5 nitrogen and oxygen atoms in total. The number of nitrogens with one attached hydrogen (secondary N) is 1. The van der Waals surface area contributed by atoms with Gasteiger partial charge < -0.3 is 4.74 Å². The van der Waals surface area contributed by atoms with Crippen LogP contribution in [0.5, 0.6) is 5.75 Å². The van der Waals surface area contributed by atoms with Crippen LogP contribution in [0.2, 0.25) is 0 Å². The van der Waals surface area contributed by atoms with E-state index in [9.17, 15) is 14.0 Å². The van der Waals surface area contributed by atoms with Crippen LogP contribution in [-0.4, -0.2) is 11.8 Å². The van der Waals surface area contributed by atoms with Crippen LogP contribution in [0.3, 0.4) is 0 Å². The Morgan fingerprint density at radius 2 is 1.80 bits per heavy atom. The average Bonchev–Trinajstić information content (AvgIpc) is 3.02. The SMILES string of the molecule is O=C1NN(c2ccccc2)C(=O)/C1=C\c1ccc(OCc2cccc(F)c2)c(I)c1. The number of ether oxygens (including phenoxy) is 1. The number of carbonyl (C=O) groups excluding carboxylic acids is 2. The highest BCUT2D eigenvalue weighted by Crippen LogP contribution is 2.26. The van der Waals surface area contributed by atoms with Gasteiger partial charge in [0.05, 0.1) is 9.26 Å². The molecule has 0 saturated carbocycles. The third kappa shape index (κ3) is 4.35. The first kappa shape index (κ1) is 20.1. The zero-order chi connectivity index (χ0) is 21.1. The molecule has 1 N–H and O–H groups in total. The lowest BCUT2D eigenvalue weighted by Gasteiger charge is -2.13. The van der Waals surface area contributed by atoms with Gasteiger partial charge in [0.1, 0.15) is 23.7 Å². The van der Waals surface area contributed by atoms with Gasteiger partial charge in [-0.25, -0.2) is 9.40 Å². The van der Waals surface area contributed by atoms with Gasteiger partial charge in [-0.3, -0.25) is 15.0 Å². The lowest BCUT2D eigenvalue weighted by atomic mass is 10.1. The molecule has 7 heteroatoms. The Morgan fingerprint density at radius 1 is 1.00 bits per heavy atom. The number of benzene rings is 3. The van der Waals surface area contributed by atoms with Crippen molar-refractivity contribution in [2.24, 2.45) is 0 Å². The summed E-state index contributed by atoms with van der Waals surface area (Å²) in [5.41, 5.74) is 4.66. The van der Waals surface area contributed by atoms with Crippen molar-refractivity contribution in [3.05, 3.63) is 98.9 Å². The molecule has 0 aliphatic carbocycles. The highest BCUT2D eigenvalue weighted by atomic mass is 127. The van der Waals surface area contributed by atoms with Crippen molar-refractivity contribution in [1.82, 2.24) is 5.43 Å². The number of para-hydroxylation sites is 1. The van der Waals surface area contributed by atoms with Crippen LogP contribution in [0, 0.1) is 9.39 Å². The molecule has 1 fully saturated rings. The maximum atomic E-state index is 13.3. The molecule has 0 radical (unpaired) electrons. The first-order chi connectivity index (χ1) is 14.5. The smallest absolute Gasteiger partial charge is 0.282 e. The molecule has 2 amide bonds. The van der Waals surface area contributed by atoms with Crippen LogP contribution < -0.4 is 15.2 Å². The van der Waals surface area contributed by atoms with Crippen LogP contribution in [0.1, 0.15) is 11.1 Å². The average molecular weight is 514 g/mol. The van der Waals surface area contributed by atoms with Crippen LogP contribution in [0.4, 0.5) is 10.1 Å². The van der Waals surface area contributed by atoms with Crippen molar-refractivity contribution < 1.29 is 18.7 Å². The molecule has 3 aromatic carbocycles. The predicted octanol–water partition coefficient (Wildman–Crippen LogP) is 4.47. The van der Waals surface area contributed by atoms with Crippen molar-refractivity contribution in [2.45, 2.75) is 6.61 Å². The minimum Gasteiger partial charge on any atom is -0.488 e. The van der Waals surface area contributed by atoms with E-state index in [-0.39, 0.29) is 18.0 Å². The number of amides is 2. The summed E-state index contributed by atoms with van der Waals surface area (Å²) in [6.07, 6.45) is 1.55. The Kier molecular flexibility index (Phi) is 5.80. The molecule has 30 heavy (non-hydrogen) atoms. The molecule has 0 aromatic heterocycles. The molecular formula is C23H16FIN2O3. The Morgan fingerprint density at radius 3 is 2.53 bits per heavy atom. The lowest BCUT2D eigenvalue weighted by molar-refractivity contribution is -0.117. The Labute approximate surface area is 186 Å². The van der Waals surface area contributed by atoms with Crippen molar-refractivity contribution in [3.63, 3.8) is 0 Å². The summed E-state index contributed by atoms with van der Waals surface area (Å²) in [5, 5.41) is 1.23. The van der Waals surface area contributed by atoms with Crippen molar-refractivity contribution in [1.29, 1.82) is 0 Å². The van der Waals surface area contributed by atoms with E-state index in [1.54, 1.807) is 54.6 Å². The molecule has 0 spiro atoms. The first-order valence-electron chi connectivity index (χ1n) is 9.10. The molecule has 3 aromatic rings. The summed E-state index contributed by atoms with van der Waals surface area (Å²) in [7, 11) is 0. The second kappa shape index (κ2) is 8.66. The zero-order valence-electron chi connectivity index (χ0n) is 15.6. The fourth-order valence-corrected chi connectivity index (χ4v) is 3.69. The van der Waals surface area contributed by atoms with Gasteiger partial charge in [0.2, 0.25) is 0 Å². The topological polar surface area (TPSA) is 58.6 Å². The van der Waals surface area contributed by atoms with Gasteiger partial charge in [-0.2, -0.15) is 0 Å². The van der Waals surface area contributed by atoms with Gasteiger partial charge >= 0.3 is 0 Å². The number of anilines is 1. The number of hydrogen-bond acceptors (Lipinski definition) is 3. The molecule has 0 atom stereocenters. The number of halogens is 2. The van der Waals surface area contributed by atoms with E-state index < -0.39 is 11.8 Å². The monoisotopic (exact) mass is 514 g/mol. The standard InChI is InChI=1S/C23H16FIN2O3/c24-17-6-4-5-16(11-17)14-30-21-10-9-15(13-20(21)25)12-19-22(28)26-27(23(19)29)18-7-2-1-3-8-18/h1-13H,14H2,(H,26,28)/b19-12-. The van der Waals surface area contributed by atoms with Gasteiger partial charge in [0.15, 0.2) is 0 Å². The van der Waals surface area contributed by atoms with E-state index in [1.165, 1.54) is 17.1 Å². The van der Waals surface area contributed by atoms with E-state index in [2.05, 4.69) is 28.0 Å². The highest BCUT2D eigenvalue weighted by Gasteiger charge is 2.34. The van der Waals surface area contributed by atoms with Crippen molar-refractivity contribution >= 4 is 46.2 Å². The van der Waals surface area contributed by atoms with E-state index in [0.717, 1.165) is 9.13 Å². The Hall–Kier alpha value is -3.20. The lowest BCUT2D eigenvalue weighted by Crippen LogP contribution is -2.35. The molecule has 1 aliphatic heterocycles. The quantitative estimate of drug-likeness (QED) is 0.311. The molecule has 1 heterocycles. The third-order valence-electron chi connectivity index (χ3n) is 4.46. The van der Waals surface area contributed by atoms with Crippen LogP contribution >= 0.6 is 22.6 Å². The van der Waals surface area contributed by atoms with Crippen LogP contribution in [0.15, 0.2) is 78.4 Å². The molecule has 0 unspecified atom stereocenters. The van der Waals surface area contributed by atoms with E-state index >= 15 is 0 Å². The zero-order valence-corrected chi connectivity index (χ0v) is 17.8. The molecule has 1 aliphatic rings. The molecule has 1 saturated heterocycles. The van der Waals surface area contributed by atoms with E-state index in [1.807, 2.05) is 12.1 Å². The summed E-state index contributed by atoms with van der Waals surface area (Å²) < 4.78 is 19.9. The minimum absolute atomic E-state index is 0.0584. The van der Waals surface area contributed by atoms with Crippen molar-refractivity contribution in [2.75, 3.05) is 5.01 Å². The van der Waals surface area contributed by atoms with Crippen LogP contribution in [-0.2, 0) is 16.2 Å².